The van der Waals surface area contributed by atoms with Gasteiger partial charge in [-0.1, -0.05) is 36.2 Å². The van der Waals surface area contributed by atoms with Crippen LogP contribution in [0.4, 0.5) is 0 Å². The Morgan fingerprint density at radius 3 is 2.81 bits per heavy atom. The fourth-order valence-electron chi connectivity index (χ4n) is 3.48. The molecule has 2 aromatic rings. The predicted octanol–water partition coefficient (Wildman–Crippen LogP) is 2.62. The largest absolute Gasteiger partial charge is 0.494 e. The lowest BCUT2D eigenvalue weighted by molar-refractivity contribution is -0.119. The molecule has 0 saturated heterocycles. The van der Waals surface area contributed by atoms with Crippen LogP contribution in [0.1, 0.15) is 62.9 Å². The number of nitrogens with zero attached hydrogens (tertiary/aromatic N) is 2. The number of ether oxygens (including phenoxy) is 1. The van der Waals surface area contributed by atoms with Gasteiger partial charge in [0.25, 0.3) is 0 Å². The summed E-state index contributed by atoms with van der Waals surface area (Å²) in [4.78, 5) is 16.2. The van der Waals surface area contributed by atoms with Crippen molar-refractivity contribution in [2.24, 2.45) is 5.73 Å². The van der Waals surface area contributed by atoms with Crippen LogP contribution in [0.15, 0.2) is 28.8 Å². The van der Waals surface area contributed by atoms with Crippen LogP contribution in [-0.2, 0) is 16.8 Å². The minimum atomic E-state index is -0.492. The van der Waals surface area contributed by atoms with E-state index in [1.54, 1.807) is 0 Å². The van der Waals surface area contributed by atoms with Gasteiger partial charge in [-0.15, -0.1) is 0 Å². The number of carbonyl (C=O) groups is 1. The number of benzene rings is 1. The fourth-order valence-corrected chi connectivity index (χ4v) is 3.48. The second kappa shape index (κ2) is 7.86. The van der Waals surface area contributed by atoms with E-state index in [0.717, 1.165) is 37.0 Å². The summed E-state index contributed by atoms with van der Waals surface area (Å²) in [5, 5.41) is 7.05. The Morgan fingerprint density at radius 2 is 2.12 bits per heavy atom. The minimum Gasteiger partial charge on any atom is -0.494 e. The normalized spacial score (nSPS) is 17.0. The highest BCUT2D eigenvalue weighted by Crippen LogP contribution is 2.35. The smallest absolute Gasteiger partial charge is 0.229 e. The Labute approximate surface area is 153 Å². The Morgan fingerprint density at radius 1 is 1.38 bits per heavy atom. The molecule has 1 fully saturated rings. The van der Waals surface area contributed by atoms with E-state index in [4.69, 9.17) is 15.0 Å². The lowest BCUT2D eigenvalue weighted by Crippen LogP contribution is -2.34. The van der Waals surface area contributed by atoms with Crippen LogP contribution < -0.4 is 15.8 Å². The van der Waals surface area contributed by atoms with E-state index in [1.165, 1.54) is 6.92 Å². The van der Waals surface area contributed by atoms with E-state index in [1.807, 2.05) is 31.2 Å². The van der Waals surface area contributed by atoms with E-state index in [0.29, 0.717) is 24.7 Å². The summed E-state index contributed by atoms with van der Waals surface area (Å²) in [5.74, 6) is 1.62. The van der Waals surface area contributed by atoms with E-state index < -0.39 is 5.54 Å². The first-order valence-electron chi connectivity index (χ1n) is 9.12. The van der Waals surface area contributed by atoms with Gasteiger partial charge in [-0.2, -0.15) is 4.98 Å². The van der Waals surface area contributed by atoms with Gasteiger partial charge in [0.1, 0.15) is 5.75 Å². The van der Waals surface area contributed by atoms with Gasteiger partial charge in [0, 0.05) is 12.5 Å². The molecule has 26 heavy (non-hydrogen) atoms. The van der Waals surface area contributed by atoms with E-state index in [2.05, 4.69) is 15.5 Å². The summed E-state index contributed by atoms with van der Waals surface area (Å²) >= 11 is 0. The SMILES string of the molecule is CCOc1ccccc1C(Cc1nc(C2(N)CCCC2)no1)NC(C)=O. The maximum Gasteiger partial charge on any atom is 0.229 e. The molecular formula is C19H26N4O3. The molecule has 7 nitrogen and oxygen atoms in total. The minimum absolute atomic E-state index is 0.132. The van der Waals surface area contributed by atoms with Gasteiger partial charge in [0.2, 0.25) is 11.8 Å². The molecule has 3 N–H and O–H groups in total. The number of nitrogens with two attached hydrogens (primary N) is 1. The first kappa shape index (κ1) is 18.4. The molecular weight excluding hydrogens is 332 g/mol. The van der Waals surface area contributed by atoms with Gasteiger partial charge in [0.05, 0.1) is 24.6 Å². The number of hydrogen-bond acceptors (Lipinski definition) is 6. The van der Waals surface area contributed by atoms with Crippen LogP contribution in [-0.4, -0.2) is 22.7 Å². The molecule has 1 amide bonds. The zero-order valence-electron chi connectivity index (χ0n) is 15.3. The fraction of sp³-hybridized carbons (Fsp3) is 0.526. The van der Waals surface area contributed by atoms with Gasteiger partial charge in [-0.05, 0) is 25.8 Å². The second-order valence-corrected chi connectivity index (χ2v) is 6.80. The number of nitrogens with one attached hydrogen (secondary N) is 1. The molecule has 0 radical (unpaired) electrons. The van der Waals surface area contributed by atoms with Crippen molar-refractivity contribution in [2.45, 2.75) is 57.5 Å². The molecule has 1 saturated carbocycles. The van der Waals surface area contributed by atoms with Gasteiger partial charge < -0.3 is 20.3 Å². The lowest BCUT2D eigenvalue weighted by Gasteiger charge is -2.20. The van der Waals surface area contributed by atoms with E-state index >= 15 is 0 Å². The summed E-state index contributed by atoms with van der Waals surface area (Å²) in [5.41, 5.74) is 6.80. The molecule has 3 rings (SSSR count). The van der Waals surface area contributed by atoms with Crippen LogP contribution in [0, 0.1) is 0 Å². The number of rotatable bonds is 7. The Kier molecular flexibility index (Phi) is 5.56. The third-order valence-corrected chi connectivity index (χ3v) is 4.76. The second-order valence-electron chi connectivity index (χ2n) is 6.80. The molecule has 7 heteroatoms. The highest BCUT2D eigenvalue weighted by Gasteiger charge is 2.36. The zero-order valence-corrected chi connectivity index (χ0v) is 15.3. The molecule has 140 valence electrons. The highest BCUT2D eigenvalue weighted by molar-refractivity contribution is 5.73. The molecule has 1 aromatic carbocycles. The molecule has 0 spiro atoms. The van der Waals surface area contributed by atoms with Gasteiger partial charge in [-0.3, -0.25) is 4.79 Å². The van der Waals surface area contributed by atoms with Crippen LogP contribution in [0.2, 0.25) is 0 Å². The van der Waals surface area contributed by atoms with Crippen molar-refractivity contribution in [3.63, 3.8) is 0 Å². The van der Waals surface area contributed by atoms with Gasteiger partial charge in [-0.25, -0.2) is 0 Å². The van der Waals surface area contributed by atoms with Crippen molar-refractivity contribution in [2.75, 3.05) is 6.61 Å². The standard InChI is InChI=1S/C19H26N4O3/c1-3-25-16-9-5-4-8-14(16)15(21-13(2)24)12-17-22-18(23-26-17)19(20)10-6-7-11-19/h4-5,8-9,15H,3,6-7,10-12,20H2,1-2H3,(H,21,24). The molecule has 0 bridgehead atoms. The van der Waals surface area contributed by atoms with Crippen LogP contribution in [0.25, 0.3) is 0 Å². The summed E-state index contributed by atoms with van der Waals surface area (Å²) in [6, 6.07) is 7.33. The van der Waals surface area contributed by atoms with Crippen molar-refractivity contribution in [1.82, 2.24) is 15.5 Å². The average molecular weight is 358 g/mol. The van der Waals surface area contributed by atoms with Crippen molar-refractivity contribution in [1.29, 1.82) is 0 Å². The molecule has 1 heterocycles. The summed E-state index contributed by atoms with van der Waals surface area (Å²) in [6.45, 7) is 3.96. The van der Waals surface area contributed by atoms with Crippen molar-refractivity contribution < 1.29 is 14.1 Å². The summed E-state index contributed by atoms with van der Waals surface area (Å²) in [7, 11) is 0. The molecule has 1 unspecified atom stereocenters. The topological polar surface area (TPSA) is 103 Å². The summed E-state index contributed by atoms with van der Waals surface area (Å²) in [6.07, 6.45) is 4.28. The van der Waals surface area contributed by atoms with Crippen LogP contribution >= 0.6 is 0 Å². The van der Waals surface area contributed by atoms with Crippen LogP contribution in [0.5, 0.6) is 5.75 Å². The first-order chi connectivity index (χ1) is 12.5. The molecule has 1 atom stereocenters. The third kappa shape index (κ3) is 4.04. The number of amides is 1. The lowest BCUT2D eigenvalue weighted by atomic mass is 9.98. The van der Waals surface area contributed by atoms with Gasteiger partial charge in [0.15, 0.2) is 5.82 Å². The average Bonchev–Trinajstić information content (AvgIpc) is 3.25. The van der Waals surface area contributed by atoms with Crippen molar-refractivity contribution in [3.8, 4) is 5.75 Å². The van der Waals surface area contributed by atoms with Crippen LogP contribution in [0.3, 0.4) is 0 Å². The molecule has 1 aromatic heterocycles. The van der Waals surface area contributed by atoms with Gasteiger partial charge >= 0.3 is 0 Å². The Balaban J connectivity index is 1.84. The number of hydrogen-bond donors (Lipinski definition) is 2. The maximum absolute atomic E-state index is 11.7. The Bertz CT molecular complexity index is 753. The van der Waals surface area contributed by atoms with E-state index in [9.17, 15) is 4.79 Å². The Hall–Kier alpha value is -2.41. The first-order valence-corrected chi connectivity index (χ1v) is 9.12. The molecule has 1 aliphatic rings. The van der Waals surface area contributed by atoms with Crippen molar-refractivity contribution >= 4 is 5.91 Å². The maximum atomic E-state index is 11.7. The highest BCUT2D eigenvalue weighted by atomic mass is 16.5. The predicted molar refractivity (Wildman–Crippen MR) is 96.5 cm³/mol. The third-order valence-electron chi connectivity index (χ3n) is 4.76. The zero-order chi connectivity index (χ0) is 18.6. The monoisotopic (exact) mass is 358 g/mol. The van der Waals surface area contributed by atoms with E-state index in [-0.39, 0.29) is 11.9 Å². The molecule has 0 aliphatic heterocycles. The summed E-state index contributed by atoms with van der Waals surface area (Å²) < 4.78 is 11.1. The molecule has 1 aliphatic carbocycles. The number of aromatic nitrogens is 2. The quantitative estimate of drug-likeness (QED) is 0.788. The number of para-hydroxylation sites is 1. The van der Waals surface area contributed by atoms with Crippen molar-refractivity contribution in [3.05, 3.63) is 41.5 Å². The number of carbonyl (C=O) groups excluding carboxylic acids is 1.